The van der Waals surface area contributed by atoms with Crippen LogP contribution in [0.5, 0.6) is 0 Å². The number of rotatable bonds is 4. The molecule has 0 aromatic carbocycles. The molecule has 0 radical (unpaired) electrons. The van der Waals surface area contributed by atoms with E-state index in [9.17, 15) is 4.79 Å². The van der Waals surface area contributed by atoms with E-state index in [1.807, 2.05) is 0 Å². The second-order valence-corrected chi connectivity index (χ2v) is 7.67. The lowest BCUT2D eigenvalue weighted by atomic mass is 9.36. The Hall–Kier alpha value is -1.75. The minimum Gasteiger partial charge on any atom is -0.434 e. The van der Waals surface area contributed by atoms with Gasteiger partial charge in [0.25, 0.3) is 0 Å². The molecule has 6 aliphatic carbocycles. The number of carbonyl (C=O) groups excluding carboxylic acids is 1. The van der Waals surface area contributed by atoms with E-state index in [2.05, 4.69) is 12.1 Å². The Morgan fingerprint density at radius 1 is 0.850 bits per heavy atom. The molecular weight excluding hydrogens is 256 g/mol. The van der Waals surface area contributed by atoms with E-state index in [4.69, 9.17) is 20.0 Å². The SMILES string of the molecule is N#CC12CC(COC(=O)OCC34CC(C#N)(C3)C4)(C1)C2. The van der Waals surface area contributed by atoms with Crippen LogP contribution in [0, 0.1) is 44.3 Å². The van der Waals surface area contributed by atoms with Crippen LogP contribution in [0.2, 0.25) is 0 Å². The first-order valence-corrected chi connectivity index (χ1v) is 7.09. The van der Waals surface area contributed by atoms with E-state index in [1.54, 1.807) is 0 Å². The molecule has 6 rings (SSSR count). The Kier molecular flexibility index (Phi) is 1.97. The van der Waals surface area contributed by atoms with E-state index in [0.717, 1.165) is 38.5 Å². The fourth-order valence-corrected chi connectivity index (χ4v) is 5.01. The average Bonchev–Trinajstić information content (AvgIpc) is 2.22. The van der Waals surface area contributed by atoms with Crippen molar-refractivity contribution in [3.63, 3.8) is 0 Å². The third-order valence-corrected chi connectivity index (χ3v) is 5.75. The van der Waals surface area contributed by atoms with Crippen molar-refractivity contribution in [2.75, 3.05) is 13.2 Å². The van der Waals surface area contributed by atoms with Crippen LogP contribution in [0.3, 0.4) is 0 Å². The van der Waals surface area contributed by atoms with Gasteiger partial charge in [-0.3, -0.25) is 0 Å². The quantitative estimate of drug-likeness (QED) is 0.734. The fourth-order valence-electron chi connectivity index (χ4n) is 5.01. The first-order valence-electron chi connectivity index (χ1n) is 7.09. The predicted molar refractivity (Wildman–Crippen MR) is 66.0 cm³/mol. The zero-order chi connectivity index (χ0) is 14.1. The molecule has 6 saturated carbocycles. The van der Waals surface area contributed by atoms with Gasteiger partial charge in [-0.15, -0.1) is 0 Å². The van der Waals surface area contributed by atoms with Crippen LogP contribution in [-0.2, 0) is 9.47 Å². The molecule has 4 bridgehead atoms. The molecule has 5 heteroatoms. The van der Waals surface area contributed by atoms with Gasteiger partial charge in [-0.2, -0.15) is 10.5 Å². The number of hydrogen-bond donors (Lipinski definition) is 0. The number of carbonyl (C=O) groups is 1. The summed E-state index contributed by atoms with van der Waals surface area (Å²) in [6, 6.07) is 4.67. The first-order chi connectivity index (χ1) is 9.46. The summed E-state index contributed by atoms with van der Waals surface area (Å²) in [6.07, 6.45) is 4.56. The summed E-state index contributed by atoms with van der Waals surface area (Å²) >= 11 is 0. The van der Waals surface area contributed by atoms with Crippen LogP contribution in [-0.4, -0.2) is 19.4 Å². The smallest absolute Gasteiger partial charge is 0.434 e. The summed E-state index contributed by atoms with van der Waals surface area (Å²) in [5, 5.41) is 17.8. The van der Waals surface area contributed by atoms with E-state index >= 15 is 0 Å². The predicted octanol–water partition coefficient (Wildman–Crippen LogP) is 2.53. The van der Waals surface area contributed by atoms with Crippen molar-refractivity contribution in [3.8, 4) is 12.1 Å². The van der Waals surface area contributed by atoms with Gasteiger partial charge >= 0.3 is 6.16 Å². The number of ether oxygens (including phenoxy) is 2. The van der Waals surface area contributed by atoms with Gasteiger partial charge in [0.1, 0.15) is 13.2 Å². The molecule has 0 amide bonds. The standard InChI is InChI=1S/C15H16N2O3/c16-7-12-1-14(2-12,3-12)9-19-11(18)20-10-15-4-13(5-15,6-15)8-17/h1-6,9-10H2. The molecule has 6 fully saturated rings. The second-order valence-electron chi connectivity index (χ2n) is 7.67. The molecule has 0 N–H and O–H groups in total. The Bertz CT molecular complexity index is 493. The van der Waals surface area contributed by atoms with Gasteiger partial charge in [-0.1, -0.05) is 0 Å². The Balaban J connectivity index is 1.17. The number of nitrogens with zero attached hydrogens (tertiary/aromatic N) is 2. The Morgan fingerprint density at radius 3 is 1.50 bits per heavy atom. The monoisotopic (exact) mass is 272 g/mol. The van der Waals surface area contributed by atoms with Gasteiger partial charge in [0.05, 0.1) is 23.0 Å². The van der Waals surface area contributed by atoms with Crippen molar-refractivity contribution in [1.82, 2.24) is 0 Å². The molecule has 0 aromatic rings. The summed E-state index contributed by atoms with van der Waals surface area (Å²) in [5.74, 6) is 0. The molecule has 6 aliphatic rings. The van der Waals surface area contributed by atoms with Crippen LogP contribution in [0.15, 0.2) is 0 Å². The molecule has 0 saturated heterocycles. The maximum Gasteiger partial charge on any atom is 0.508 e. The second kappa shape index (κ2) is 3.28. The van der Waals surface area contributed by atoms with Gasteiger partial charge in [-0.25, -0.2) is 4.79 Å². The van der Waals surface area contributed by atoms with Gasteiger partial charge in [0, 0.05) is 10.8 Å². The molecule has 0 unspecified atom stereocenters. The third kappa shape index (κ3) is 1.38. The van der Waals surface area contributed by atoms with Crippen molar-refractivity contribution in [2.24, 2.45) is 21.7 Å². The van der Waals surface area contributed by atoms with Crippen LogP contribution < -0.4 is 0 Å². The number of hydrogen-bond acceptors (Lipinski definition) is 5. The minimum absolute atomic E-state index is 0.0654. The lowest BCUT2D eigenvalue weighted by molar-refractivity contribution is -0.204. The van der Waals surface area contributed by atoms with Crippen molar-refractivity contribution in [1.29, 1.82) is 10.5 Å². The molecule has 0 heterocycles. The summed E-state index contributed by atoms with van der Waals surface area (Å²) in [6.45, 7) is 0.759. The van der Waals surface area contributed by atoms with E-state index in [1.165, 1.54) is 0 Å². The third-order valence-electron chi connectivity index (χ3n) is 5.75. The fraction of sp³-hybridized carbons (Fsp3) is 0.800. The van der Waals surface area contributed by atoms with Crippen LogP contribution in [0.4, 0.5) is 4.79 Å². The molecule has 104 valence electrons. The Labute approximate surface area is 117 Å². The molecule has 0 aromatic heterocycles. The molecule has 0 atom stereocenters. The molecule has 0 aliphatic heterocycles. The van der Waals surface area contributed by atoms with Crippen LogP contribution in [0.1, 0.15) is 38.5 Å². The maximum absolute atomic E-state index is 11.6. The van der Waals surface area contributed by atoms with E-state index in [0.29, 0.717) is 13.2 Å². The highest BCUT2D eigenvalue weighted by Gasteiger charge is 2.70. The largest absolute Gasteiger partial charge is 0.508 e. The maximum atomic E-state index is 11.6. The van der Waals surface area contributed by atoms with E-state index in [-0.39, 0.29) is 21.7 Å². The zero-order valence-electron chi connectivity index (χ0n) is 11.3. The summed E-state index contributed by atoms with van der Waals surface area (Å²) in [4.78, 5) is 11.6. The van der Waals surface area contributed by atoms with Crippen molar-refractivity contribution < 1.29 is 14.3 Å². The highest BCUT2D eigenvalue weighted by atomic mass is 16.7. The molecule has 20 heavy (non-hydrogen) atoms. The number of nitriles is 2. The molecule has 5 nitrogen and oxygen atoms in total. The van der Waals surface area contributed by atoms with Crippen molar-refractivity contribution >= 4 is 6.16 Å². The zero-order valence-corrected chi connectivity index (χ0v) is 11.3. The Morgan fingerprint density at radius 2 is 1.20 bits per heavy atom. The van der Waals surface area contributed by atoms with E-state index < -0.39 is 6.16 Å². The van der Waals surface area contributed by atoms with Crippen LogP contribution >= 0.6 is 0 Å². The summed E-state index contributed by atoms with van der Waals surface area (Å²) < 4.78 is 10.3. The summed E-state index contributed by atoms with van der Waals surface area (Å²) in [7, 11) is 0. The topological polar surface area (TPSA) is 83.1 Å². The molecule has 0 spiro atoms. The molecular formula is C15H16N2O3. The highest BCUT2D eigenvalue weighted by Crippen LogP contribution is 2.73. The normalized spacial score (nSPS) is 49.1. The van der Waals surface area contributed by atoms with Crippen molar-refractivity contribution in [2.45, 2.75) is 38.5 Å². The first kappa shape index (κ1) is 12.0. The highest BCUT2D eigenvalue weighted by molar-refractivity contribution is 5.60. The van der Waals surface area contributed by atoms with Crippen molar-refractivity contribution in [3.05, 3.63) is 0 Å². The van der Waals surface area contributed by atoms with Gasteiger partial charge < -0.3 is 9.47 Å². The minimum atomic E-state index is -0.600. The lowest BCUT2D eigenvalue weighted by Gasteiger charge is -2.66. The van der Waals surface area contributed by atoms with Gasteiger partial charge in [0.15, 0.2) is 0 Å². The summed E-state index contributed by atoms with van der Waals surface area (Å²) in [5.41, 5.74) is -0.0820. The van der Waals surface area contributed by atoms with Gasteiger partial charge in [-0.05, 0) is 38.5 Å². The van der Waals surface area contributed by atoms with Crippen LogP contribution in [0.25, 0.3) is 0 Å². The lowest BCUT2D eigenvalue weighted by Crippen LogP contribution is -2.63. The van der Waals surface area contributed by atoms with Gasteiger partial charge in [0.2, 0.25) is 0 Å². The average molecular weight is 272 g/mol.